The molecule has 0 spiro atoms. The Kier molecular flexibility index (Phi) is 4.03. The molecule has 0 radical (unpaired) electrons. The zero-order valence-electron chi connectivity index (χ0n) is 12.7. The number of rotatable bonds is 7. The van der Waals surface area contributed by atoms with Crippen LogP contribution in [0.15, 0.2) is 0 Å². The number of carbonyl (C=O) groups is 1. The molecule has 1 saturated heterocycles. The molecule has 2 N–H and O–H groups in total. The molecule has 21 heavy (non-hydrogen) atoms. The minimum atomic E-state index is -3.29. The lowest BCUT2D eigenvalue weighted by molar-refractivity contribution is -0.129. The monoisotopic (exact) mass is 314 g/mol. The summed E-state index contributed by atoms with van der Waals surface area (Å²) in [7, 11) is -3.29. The largest absolute Gasteiger partial charge is 0.336 e. The summed E-state index contributed by atoms with van der Waals surface area (Å²) in [5, 5.41) is 5.08. The molecule has 1 heterocycles. The standard InChI is InChI=1S/C15H26N2O3S/c1-2-3-4-9-16-12-13(18)17-14(12)21(19,20)15-7-5-11(10-15)6-8-15/h11-12,14,16H,2-10H2,1H3,(H,17,18)/t11?,12-,14?,15?/m1/s1. The van der Waals surface area contributed by atoms with Crippen molar-refractivity contribution in [2.75, 3.05) is 6.54 Å². The van der Waals surface area contributed by atoms with Gasteiger partial charge in [0.2, 0.25) is 5.91 Å². The van der Waals surface area contributed by atoms with Gasteiger partial charge in [-0.25, -0.2) is 8.42 Å². The minimum absolute atomic E-state index is 0.163. The Morgan fingerprint density at radius 2 is 2.00 bits per heavy atom. The second-order valence-electron chi connectivity index (χ2n) is 6.94. The van der Waals surface area contributed by atoms with Crippen LogP contribution < -0.4 is 10.6 Å². The Bertz CT molecular complexity index is 509. The van der Waals surface area contributed by atoms with Crippen LogP contribution in [0.3, 0.4) is 0 Å². The van der Waals surface area contributed by atoms with Crippen LogP contribution in [0.5, 0.6) is 0 Å². The summed E-state index contributed by atoms with van der Waals surface area (Å²) in [6.07, 6.45) is 7.66. The zero-order chi connectivity index (χ0) is 15.1. The fourth-order valence-corrected chi connectivity index (χ4v) is 6.91. The summed E-state index contributed by atoms with van der Waals surface area (Å²) in [5.74, 6) is 0.426. The highest BCUT2D eigenvalue weighted by Gasteiger charge is 2.60. The predicted octanol–water partition coefficient (Wildman–Crippen LogP) is 1.34. The second kappa shape index (κ2) is 5.54. The molecule has 3 rings (SSSR count). The number of unbranched alkanes of at least 4 members (excludes halogenated alkanes) is 2. The summed E-state index contributed by atoms with van der Waals surface area (Å²) in [4.78, 5) is 11.7. The van der Waals surface area contributed by atoms with Crippen LogP contribution in [-0.4, -0.2) is 37.0 Å². The first-order valence-corrected chi connectivity index (χ1v) is 9.82. The van der Waals surface area contributed by atoms with Gasteiger partial charge in [0.1, 0.15) is 6.04 Å². The average molecular weight is 314 g/mol. The van der Waals surface area contributed by atoms with Gasteiger partial charge in [-0.15, -0.1) is 0 Å². The van der Waals surface area contributed by atoms with Gasteiger partial charge in [-0.1, -0.05) is 19.8 Å². The van der Waals surface area contributed by atoms with Crippen molar-refractivity contribution in [1.29, 1.82) is 0 Å². The SMILES string of the molecule is CCCCCN[C@@H]1C(=O)NC1S(=O)(=O)C12CCC(CC1)C2. The quantitative estimate of drug-likeness (QED) is 0.549. The second-order valence-corrected chi connectivity index (χ2v) is 9.41. The highest BCUT2D eigenvalue weighted by Crippen LogP contribution is 2.53. The Morgan fingerprint density at radius 1 is 1.29 bits per heavy atom. The van der Waals surface area contributed by atoms with Gasteiger partial charge in [0.15, 0.2) is 15.2 Å². The molecule has 5 nitrogen and oxygen atoms in total. The summed E-state index contributed by atoms with van der Waals surface area (Å²) < 4.78 is 25.4. The third kappa shape index (κ3) is 2.40. The maximum atomic E-state index is 13.0. The van der Waals surface area contributed by atoms with Crippen LogP contribution >= 0.6 is 0 Å². The van der Waals surface area contributed by atoms with Gasteiger partial charge in [0.05, 0.1) is 4.75 Å². The molecule has 120 valence electrons. The van der Waals surface area contributed by atoms with Gasteiger partial charge in [-0.2, -0.15) is 0 Å². The third-order valence-corrected chi connectivity index (χ3v) is 8.47. The lowest BCUT2D eigenvalue weighted by atomic mass is 10.0. The summed E-state index contributed by atoms with van der Waals surface area (Å²) >= 11 is 0. The molecule has 2 saturated carbocycles. The highest BCUT2D eigenvalue weighted by atomic mass is 32.2. The topological polar surface area (TPSA) is 75.3 Å². The van der Waals surface area contributed by atoms with Crippen molar-refractivity contribution in [2.24, 2.45) is 5.92 Å². The van der Waals surface area contributed by atoms with Gasteiger partial charge in [-0.3, -0.25) is 4.79 Å². The van der Waals surface area contributed by atoms with E-state index in [0.29, 0.717) is 12.5 Å². The Morgan fingerprint density at radius 3 is 2.52 bits per heavy atom. The molecule has 3 aliphatic rings. The first-order chi connectivity index (χ1) is 10.00. The first-order valence-electron chi connectivity index (χ1n) is 8.27. The average Bonchev–Trinajstić information content (AvgIpc) is 3.06. The van der Waals surface area contributed by atoms with E-state index in [2.05, 4.69) is 17.6 Å². The van der Waals surface area contributed by atoms with Crippen LogP contribution in [0.25, 0.3) is 0 Å². The van der Waals surface area contributed by atoms with Gasteiger partial charge in [0.25, 0.3) is 0 Å². The van der Waals surface area contributed by atoms with E-state index in [9.17, 15) is 13.2 Å². The van der Waals surface area contributed by atoms with E-state index < -0.39 is 26.0 Å². The van der Waals surface area contributed by atoms with Gasteiger partial charge < -0.3 is 10.6 Å². The zero-order valence-corrected chi connectivity index (χ0v) is 13.5. The van der Waals surface area contributed by atoms with Crippen molar-refractivity contribution in [3.05, 3.63) is 0 Å². The number of β-lactam (4-membered cyclic amide) rings is 1. The summed E-state index contributed by atoms with van der Waals surface area (Å²) in [6, 6.07) is -0.541. The van der Waals surface area contributed by atoms with E-state index >= 15 is 0 Å². The number of fused-ring (bicyclic) bond motifs is 2. The van der Waals surface area contributed by atoms with Gasteiger partial charge in [0, 0.05) is 0 Å². The molecule has 1 amide bonds. The lowest BCUT2D eigenvalue weighted by Gasteiger charge is -2.41. The van der Waals surface area contributed by atoms with Crippen LogP contribution in [0.4, 0.5) is 0 Å². The van der Waals surface area contributed by atoms with Crippen LogP contribution in [0, 0.1) is 5.92 Å². The molecule has 2 atom stereocenters. The van der Waals surface area contributed by atoms with E-state index in [4.69, 9.17) is 0 Å². The van der Waals surface area contributed by atoms with E-state index in [1.807, 2.05) is 0 Å². The van der Waals surface area contributed by atoms with E-state index in [0.717, 1.165) is 51.4 Å². The highest BCUT2D eigenvalue weighted by molar-refractivity contribution is 7.93. The van der Waals surface area contributed by atoms with Gasteiger partial charge in [-0.05, 0) is 51.0 Å². The fourth-order valence-electron chi connectivity index (χ4n) is 4.25. The molecular formula is C15H26N2O3S. The summed E-state index contributed by atoms with van der Waals surface area (Å²) in [5.41, 5.74) is 0. The molecule has 6 heteroatoms. The van der Waals surface area contributed by atoms with Crippen LogP contribution in [0.1, 0.15) is 58.3 Å². The molecule has 0 aromatic heterocycles. The predicted molar refractivity (Wildman–Crippen MR) is 81.5 cm³/mol. The lowest BCUT2D eigenvalue weighted by Crippen LogP contribution is -2.73. The Balaban J connectivity index is 1.66. The number of amides is 1. The third-order valence-electron chi connectivity index (χ3n) is 5.63. The molecular weight excluding hydrogens is 288 g/mol. The molecule has 0 aromatic rings. The van der Waals surface area contributed by atoms with E-state index in [-0.39, 0.29) is 5.91 Å². The number of hydrogen-bond donors (Lipinski definition) is 2. The first kappa shape index (κ1) is 15.3. The normalized spacial score (nSPS) is 38.3. The molecule has 3 fully saturated rings. The summed E-state index contributed by atoms with van der Waals surface area (Å²) in [6.45, 7) is 2.84. The number of nitrogens with one attached hydrogen (secondary N) is 2. The van der Waals surface area contributed by atoms with Crippen molar-refractivity contribution in [1.82, 2.24) is 10.6 Å². The van der Waals surface area contributed by atoms with E-state index in [1.54, 1.807) is 0 Å². The van der Waals surface area contributed by atoms with Crippen molar-refractivity contribution in [2.45, 2.75) is 74.5 Å². The molecule has 0 aromatic carbocycles. The Hall–Kier alpha value is -0.620. The molecule has 1 aliphatic heterocycles. The maximum Gasteiger partial charge on any atom is 0.241 e. The van der Waals surface area contributed by atoms with E-state index in [1.165, 1.54) is 0 Å². The van der Waals surface area contributed by atoms with Crippen LogP contribution in [0.2, 0.25) is 0 Å². The smallest absolute Gasteiger partial charge is 0.241 e. The van der Waals surface area contributed by atoms with Crippen LogP contribution in [-0.2, 0) is 14.6 Å². The minimum Gasteiger partial charge on any atom is -0.336 e. The van der Waals surface area contributed by atoms with Crippen molar-refractivity contribution < 1.29 is 13.2 Å². The number of carbonyl (C=O) groups excluding carboxylic acids is 1. The van der Waals surface area contributed by atoms with Crippen molar-refractivity contribution in [3.8, 4) is 0 Å². The molecule has 2 bridgehead atoms. The Labute approximate surface area is 127 Å². The number of sulfone groups is 1. The number of hydrogen-bond acceptors (Lipinski definition) is 4. The van der Waals surface area contributed by atoms with Gasteiger partial charge >= 0.3 is 0 Å². The molecule has 2 aliphatic carbocycles. The fraction of sp³-hybridized carbons (Fsp3) is 0.933. The van der Waals surface area contributed by atoms with Crippen molar-refractivity contribution >= 4 is 15.7 Å². The van der Waals surface area contributed by atoms with Crippen molar-refractivity contribution in [3.63, 3.8) is 0 Å². The maximum absolute atomic E-state index is 13.0. The molecule has 1 unspecified atom stereocenters.